The maximum Gasteiger partial charge on any atom is 0.332 e. The van der Waals surface area contributed by atoms with Crippen molar-refractivity contribution in [3.63, 3.8) is 0 Å². The van der Waals surface area contributed by atoms with Crippen LogP contribution in [0.1, 0.15) is 17.0 Å². The van der Waals surface area contributed by atoms with Crippen LogP contribution < -0.4 is 16.0 Å². The van der Waals surface area contributed by atoms with Crippen molar-refractivity contribution in [3.8, 4) is 16.9 Å². The monoisotopic (exact) mass is 644 g/mol. The zero-order chi connectivity index (χ0) is 31.5. The smallest absolute Gasteiger partial charge is 0.332 e. The van der Waals surface area contributed by atoms with Crippen molar-refractivity contribution in [2.45, 2.75) is 19.5 Å². The van der Waals surface area contributed by atoms with E-state index in [2.05, 4.69) is 14.4 Å². The highest BCUT2D eigenvalue weighted by Gasteiger charge is 2.28. The Morgan fingerprint density at radius 2 is 1.75 bits per heavy atom. The normalized spacial score (nSPS) is 12.9. The Kier molecular flexibility index (Phi) is 7.36. The number of benzene rings is 3. The van der Waals surface area contributed by atoms with Gasteiger partial charge in [0.2, 0.25) is 0 Å². The SMILES string of the molecule is Cn1cnc(Cn2c(=O)c3c4c(c(-c5cc(N=S(C)(C)=O)ccc5Cl)cc3n(Cc3cc(F)c(F)c(F)c3)c2=O)CCO4)n1. The summed E-state index contributed by atoms with van der Waals surface area (Å²) in [5, 5.41) is 4.54. The maximum absolute atomic E-state index is 14.2. The van der Waals surface area contributed by atoms with Gasteiger partial charge in [0.25, 0.3) is 5.56 Å². The molecule has 1 aliphatic rings. The van der Waals surface area contributed by atoms with E-state index in [4.69, 9.17) is 16.3 Å². The lowest BCUT2D eigenvalue weighted by Crippen LogP contribution is -2.41. The minimum absolute atomic E-state index is 0.0573. The van der Waals surface area contributed by atoms with Crippen LogP contribution in [0.4, 0.5) is 18.9 Å². The second-order valence-corrected chi connectivity index (χ2v) is 13.6. The Hall–Kier alpha value is -4.43. The number of aromatic nitrogens is 5. The van der Waals surface area contributed by atoms with Gasteiger partial charge in [-0.1, -0.05) is 11.6 Å². The molecule has 0 bridgehead atoms. The first-order chi connectivity index (χ1) is 20.8. The summed E-state index contributed by atoms with van der Waals surface area (Å²) in [6.45, 7) is -0.482. The summed E-state index contributed by atoms with van der Waals surface area (Å²) in [6.07, 6.45) is 4.81. The highest BCUT2D eigenvalue weighted by atomic mass is 35.5. The molecule has 15 heteroatoms. The average Bonchev–Trinajstić information content (AvgIpc) is 3.60. The molecule has 44 heavy (non-hydrogen) atoms. The molecule has 228 valence electrons. The maximum atomic E-state index is 14.2. The molecule has 0 saturated heterocycles. The first-order valence-electron chi connectivity index (χ1n) is 13.2. The summed E-state index contributed by atoms with van der Waals surface area (Å²) in [4.78, 5) is 32.1. The lowest BCUT2D eigenvalue weighted by atomic mass is 9.95. The van der Waals surface area contributed by atoms with Crippen LogP contribution >= 0.6 is 11.6 Å². The summed E-state index contributed by atoms with van der Waals surface area (Å²) < 4.78 is 68.3. The van der Waals surface area contributed by atoms with E-state index >= 15 is 0 Å². The summed E-state index contributed by atoms with van der Waals surface area (Å²) in [7, 11) is -0.879. The molecule has 0 amide bonds. The fourth-order valence-corrected chi connectivity index (χ4v) is 6.12. The minimum Gasteiger partial charge on any atom is -0.492 e. The lowest BCUT2D eigenvalue weighted by Gasteiger charge is -2.18. The van der Waals surface area contributed by atoms with Gasteiger partial charge in [-0.05, 0) is 47.5 Å². The molecule has 5 aromatic rings. The quantitative estimate of drug-likeness (QED) is 0.253. The number of halogens is 4. The molecule has 3 aromatic carbocycles. The van der Waals surface area contributed by atoms with Gasteiger partial charge in [-0.25, -0.2) is 27.2 Å². The van der Waals surface area contributed by atoms with E-state index in [0.717, 1.165) is 21.3 Å². The summed E-state index contributed by atoms with van der Waals surface area (Å²) >= 11 is 6.63. The summed E-state index contributed by atoms with van der Waals surface area (Å²) in [5.74, 6) is -4.09. The second-order valence-electron chi connectivity index (χ2n) is 10.6. The van der Waals surface area contributed by atoms with Gasteiger partial charge in [0.05, 0.1) is 30.9 Å². The average molecular weight is 645 g/mol. The third kappa shape index (κ3) is 5.39. The largest absolute Gasteiger partial charge is 0.492 e. The van der Waals surface area contributed by atoms with E-state index in [0.29, 0.717) is 33.8 Å². The summed E-state index contributed by atoms with van der Waals surface area (Å²) in [6, 6.07) is 8.02. The molecule has 0 fully saturated rings. The van der Waals surface area contributed by atoms with Gasteiger partial charge in [0.1, 0.15) is 17.5 Å². The topological polar surface area (TPSA) is 113 Å². The Morgan fingerprint density at radius 1 is 1.02 bits per heavy atom. The van der Waals surface area contributed by atoms with Gasteiger partial charge in [-0.15, -0.1) is 0 Å². The van der Waals surface area contributed by atoms with Crippen molar-refractivity contribution in [1.82, 2.24) is 23.9 Å². The van der Waals surface area contributed by atoms with E-state index in [1.165, 1.54) is 23.5 Å². The molecule has 0 unspecified atom stereocenters. The molecule has 0 atom stereocenters. The molecule has 0 aliphatic carbocycles. The van der Waals surface area contributed by atoms with Gasteiger partial charge in [-0.2, -0.15) is 9.46 Å². The van der Waals surface area contributed by atoms with Crippen LogP contribution in [0.15, 0.2) is 56.7 Å². The van der Waals surface area contributed by atoms with Crippen molar-refractivity contribution < 1.29 is 22.1 Å². The highest BCUT2D eigenvalue weighted by molar-refractivity contribution is 7.92. The molecule has 3 heterocycles. The molecular weight excluding hydrogens is 621 g/mol. The minimum atomic E-state index is -2.51. The molecule has 0 spiro atoms. The fraction of sp³-hybridized carbons (Fsp3) is 0.241. The van der Waals surface area contributed by atoms with Crippen LogP contribution in [0.2, 0.25) is 5.02 Å². The Morgan fingerprint density at radius 3 is 2.41 bits per heavy atom. The number of aryl methyl sites for hydroxylation is 1. The Labute approximate surface area is 253 Å². The van der Waals surface area contributed by atoms with E-state index in [9.17, 15) is 27.0 Å². The van der Waals surface area contributed by atoms with Gasteiger partial charge >= 0.3 is 5.69 Å². The van der Waals surface area contributed by atoms with Crippen molar-refractivity contribution >= 4 is 37.9 Å². The Balaban J connectivity index is 1.67. The number of fused-ring (bicyclic) bond motifs is 3. The number of hydrogen-bond acceptors (Lipinski definition) is 7. The molecule has 6 rings (SSSR count). The van der Waals surface area contributed by atoms with Crippen molar-refractivity contribution in [2.24, 2.45) is 11.4 Å². The van der Waals surface area contributed by atoms with Gasteiger partial charge < -0.3 is 4.74 Å². The van der Waals surface area contributed by atoms with Crippen molar-refractivity contribution in [3.05, 3.63) is 103 Å². The van der Waals surface area contributed by atoms with Gasteiger partial charge in [0.15, 0.2) is 23.3 Å². The number of ether oxygens (including phenoxy) is 1. The van der Waals surface area contributed by atoms with E-state index in [1.807, 2.05) is 0 Å². The van der Waals surface area contributed by atoms with Crippen LogP contribution in [-0.2, 0) is 36.3 Å². The Bertz CT molecular complexity index is 2220. The molecule has 0 radical (unpaired) electrons. The van der Waals surface area contributed by atoms with Gasteiger partial charge in [0, 0.05) is 51.9 Å². The third-order valence-corrected chi connectivity index (χ3v) is 8.05. The molecule has 1 aliphatic heterocycles. The molecule has 10 nitrogen and oxygen atoms in total. The molecule has 0 saturated carbocycles. The first-order valence-corrected chi connectivity index (χ1v) is 15.9. The lowest BCUT2D eigenvalue weighted by molar-refractivity contribution is 0.359. The van der Waals surface area contributed by atoms with E-state index in [-0.39, 0.29) is 41.2 Å². The molecular formula is C29H24ClF3N6O4S. The summed E-state index contributed by atoms with van der Waals surface area (Å²) in [5.41, 5.74) is 0.595. The number of nitrogens with zero attached hydrogens (tertiary/aromatic N) is 6. The third-order valence-electron chi connectivity index (χ3n) is 7.07. The predicted molar refractivity (Wildman–Crippen MR) is 160 cm³/mol. The fourth-order valence-electron chi connectivity index (χ4n) is 5.28. The first kappa shape index (κ1) is 29.6. The number of rotatable bonds is 6. The van der Waals surface area contributed by atoms with Crippen molar-refractivity contribution in [1.29, 1.82) is 0 Å². The van der Waals surface area contributed by atoms with E-state index in [1.54, 1.807) is 31.3 Å². The molecule has 2 aromatic heterocycles. The van der Waals surface area contributed by atoms with Crippen LogP contribution in [0.25, 0.3) is 22.0 Å². The molecule has 0 N–H and O–H groups in total. The number of hydrogen-bond donors (Lipinski definition) is 0. The van der Waals surface area contributed by atoms with Crippen LogP contribution in [0.5, 0.6) is 5.75 Å². The standard InChI is InChI=1S/C29H24ClF3N6O4S/c1-37-14-34-24(35-37)13-39-28(40)25-23(38(29(39)41)12-15-8-21(31)26(33)22(32)9-15)11-18(17-6-7-43-27(17)25)19-10-16(4-5-20(19)30)36-44(2,3)42/h4-5,8-11,14H,6-7,12-13H2,1-3H3. The predicted octanol–water partition coefficient (Wildman–Crippen LogP) is 4.42. The zero-order valence-electron chi connectivity index (χ0n) is 23.6. The highest BCUT2D eigenvalue weighted by Crippen LogP contribution is 2.43. The van der Waals surface area contributed by atoms with Crippen LogP contribution in [0, 0.1) is 17.5 Å². The van der Waals surface area contributed by atoms with E-state index < -0.39 is 45.0 Å². The zero-order valence-corrected chi connectivity index (χ0v) is 25.2. The van der Waals surface area contributed by atoms with Crippen LogP contribution in [-0.4, -0.2) is 47.2 Å². The van der Waals surface area contributed by atoms with Crippen molar-refractivity contribution in [2.75, 3.05) is 19.1 Å². The second kappa shape index (κ2) is 10.9. The van der Waals surface area contributed by atoms with Crippen LogP contribution in [0.3, 0.4) is 0 Å². The van der Waals surface area contributed by atoms with Gasteiger partial charge in [-0.3, -0.25) is 18.6 Å².